The van der Waals surface area contributed by atoms with Gasteiger partial charge in [0.1, 0.15) is 0 Å². The van der Waals surface area contributed by atoms with Gasteiger partial charge in [0.2, 0.25) is 0 Å². The van der Waals surface area contributed by atoms with Gasteiger partial charge in [-0.3, -0.25) is 4.90 Å². The molecule has 18 heavy (non-hydrogen) atoms. The highest BCUT2D eigenvalue weighted by molar-refractivity contribution is 4.82. The minimum Gasteiger partial charge on any atom is -0.310 e. The first-order valence-electron chi connectivity index (χ1n) is 7.84. The van der Waals surface area contributed by atoms with E-state index < -0.39 is 0 Å². The van der Waals surface area contributed by atoms with E-state index in [2.05, 4.69) is 51.8 Å². The molecule has 0 aromatic heterocycles. The van der Waals surface area contributed by atoms with Crippen molar-refractivity contribution in [2.24, 2.45) is 11.8 Å². The molecule has 1 aliphatic heterocycles. The first-order chi connectivity index (χ1) is 8.35. The Morgan fingerprint density at radius 1 is 1.17 bits per heavy atom. The highest BCUT2D eigenvalue weighted by Crippen LogP contribution is 2.25. The fraction of sp³-hybridized carbons (Fsp3) is 1.00. The Kier molecular flexibility index (Phi) is 6.13. The van der Waals surface area contributed by atoms with Crippen molar-refractivity contribution in [2.45, 2.75) is 72.4 Å². The molecule has 0 bridgehead atoms. The van der Waals surface area contributed by atoms with Crippen LogP contribution in [0.15, 0.2) is 0 Å². The number of nitrogens with one attached hydrogen (secondary N) is 1. The van der Waals surface area contributed by atoms with Gasteiger partial charge in [0.25, 0.3) is 0 Å². The highest BCUT2D eigenvalue weighted by Gasteiger charge is 2.25. The van der Waals surface area contributed by atoms with Gasteiger partial charge in [0, 0.05) is 18.1 Å². The zero-order valence-corrected chi connectivity index (χ0v) is 13.4. The molecule has 0 aliphatic carbocycles. The molecule has 0 radical (unpaired) electrons. The Hall–Kier alpha value is -0.0800. The van der Waals surface area contributed by atoms with Crippen LogP contribution in [0.2, 0.25) is 0 Å². The van der Waals surface area contributed by atoms with Crippen LogP contribution < -0.4 is 5.32 Å². The molecule has 1 atom stereocenters. The van der Waals surface area contributed by atoms with E-state index in [4.69, 9.17) is 0 Å². The number of hydrogen-bond donors (Lipinski definition) is 1. The number of likely N-dealkylation sites (tertiary alicyclic amines) is 1. The van der Waals surface area contributed by atoms with Crippen molar-refractivity contribution < 1.29 is 0 Å². The minimum absolute atomic E-state index is 0.282. The zero-order chi connectivity index (χ0) is 13.8. The standard InChI is InChI=1S/C16H34N2/c1-7-16(5,6)17-12-14(4)18-10-8-15(9-11-18)13(2)3/h13-15,17H,7-12H2,1-6H3. The van der Waals surface area contributed by atoms with Crippen LogP contribution in [0.5, 0.6) is 0 Å². The summed E-state index contributed by atoms with van der Waals surface area (Å²) in [5, 5.41) is 3.70. The Morgan fingerprint density at radius 2 is 1.72 bits per heavy atom. The number of rotatable bonds is 6. The third-order valence-corrected chi connectivity index (χ3v) is 4.90. The SMILES string of the molecule is CCC(C)(C)NCC(C)N1CCC(C(C)C)CC1. The number of hydrogen-bond acceptors (Lipinski definition) is 2. The van der Waals surface area contributed by atoms with E-state index in [0.29, 0.717) is 6.04 Å². The molecule has 1 saturated heterocycles. The zero-order valence-electron chi connectivity index (χ0n) is 13.4. The molecule has 0 saturated carbocycles. The fourth-order valence-electron chi connectivity index (χ4n) is 2.70. The summed E-state index contributed by atoms with van der Waals surface area (Å²) in [6.07, 6.45) is 3.97. The van der Waals surface area contributed by atoms with Crippen molar-refractivity contribution in [3.8, 4) is 0 Å². The van der Waals surface area contributed by atoms with Gasteiger partial charge in [-0.25, -0.2) is 0 Å². The van der Waals surface area contributed by atoms with Gasteiger partial charge in [0.05, 0.1) is 0 Å². The lowest BCUT2D eigenvalue weighted by Crippen LogP contribution is -2.49. The monoisotopic (exact) mass is 254 g/mol. The van der Waals surface area contributed by atoms with Crippen molar-refractivity contribution in [1.82, 2.24) is 10.2 Å². The summed E-state index contributed by atoms with van der Waals surface area (Å²) in [5.74, 6) is 1.81. The highest BCUT2D eigenvalue weighted by atomic mass is 15.2. The van der Waals surface area contributed by atoms with Crippen molar-refractivity contribution >= 4 is 0 Å². The lowest BCUT2D eigenvalue weighted by Gasteiger charge is -2.38. The third-order valence-electron chi connectivity index (χ3n) is 4.90. The van der Waals surface area contributed by atoms with Crippen LogP contribution in [0, 0.1) is 11.8 Å². The Labute approximate surface area is 115 Å². The average molecular weight is 254 g/mol. The Morgan fingerprint density at radius 3 is 2.17 bits per heavy atom. The van der Waals surface area contributed by atoms with Gasteiger partial charge in [-0.05, 0) is 65.0 Å². The summed E-state index contributed by atoms with van der Waals surface area (Å²) < 4.78 is 0. The lowest BCUT2D eigenvalue weighted by atomic mass is 9.86. The maximum atomic E-state index is 3.70. The summed E-state index contributed by atoms with van der Waals surface area (Å²) in [7, 11) is 0. The van der Waals surface area contributed by atoms with E-state index in [1.807, 2.05) is 0 Å². The van der Waals surface area contributed by atoms with E-state index in [-0.39, 0.29) is 5.54 Å². The molecule has 0 aromatic carbocycles. The number of piperidine rings is 1. The molecule has 0 amide bonds. The molecule has 1 N–H and O–H groups in total. The van der Waals surface area contributed by atoms with E-state index in [1.165, 1.54) is 32.4 Å². The minimum atomic E-state index is 0.282. The summed E-state index contributed by atoms with van der Waals surface area (Å²) in [6, 6.07) is 0.670. The maximum Gasteiger partial charge on any atom is 0.0192 e. The average Bonchev–Trinajstić information content (AvgIpc) is 2.36. The van der Waals surface area contributed by atoms with Crippen LogP contribution in [0.1, 0.15) is 60.8 Å². The smallest absolute Gasteiger partial charge is 0.0192 e. The van der Waals surface area contributed by atoms with E-state index in [1.54, 1.807) is 0 Å². The largest absolute Gasteiger partial charge is 0.310 e. The molecule has 108 valence electrons. The second-order valence-corrected chi connectivity index (χ2v) is 7.08. The Balaban J connectivity index is 2.30. The van der Waals surface area contributed by atoms with Gasteiger partial charge in [-0.2, -0.15) is 0 Å². The van der Waals surface area contributed by atoms with Gasteiger partial charge in [-0.1, -0.05) is 20.8 Å². The molecule has 0 aromatic rings. The van der Waals surface area contributed by atoms with E-state index >= 15 is 0 Å². The van der Waals surface area contributed by atoms with Crippen LogP contribution in [0.3, 0.4) is 0 Å². The molecule has 1 aliphatic rings. The van der Waals surface area contributed by atoms with E-state index in [0.717, 1.165) is 18.4 Å². The van der Waals surface area contributed by atoms with Gasteiger partial charge >= 0.3 is 0 Å². The van der Waals surface area contributed by atoms with Crippen LogP contribution in [0.4, 0.5) is 0 Å². The predicted octanol–water partition coefficient (Wildman–Crippen LogP) is 3.52. The summed E-state index contributed by atoms with van der Waals surface area (Å²) in [4.78, 5) is 2.66. The van der Waals surface area contributed by atoms with E-state index in [9.17, 15) is 0 Å². The molecule has 1 heterocycles. The normalized spacial score (nSPS) is 21.5. The van der Waals surface area contributed by atoms with Crippen molar-refractivity contribution in [3.63, 3.8) is 0 Å². The lowest BCUT2D eigenvalue weighted by molar-refractivity contribution is 0.116. The molecule has 2 heteroatoms. The molecule has 1 unspecified atom stereocenters. The predicted molar refractivity (Wildman–Crippen MR) is 81.0 cm³/mol. The number of nitrogens with zero attached hydrogens (tertiary/aromatic N) is 1. The van der Waals surface area contributed by atoms with Gasteiger partial charge < -0.3 is 5.32 Å². The molecular weight excluding hydrogens is 220 g/mol. The van der Waals surface area contributed by atoms with Crippen LogP contribution in [-0.4, -0.2) is 36.1 Å². The first-order valence-corrected chi connectivity index (χ1v) is 7.84. The van der Waals surface area contributed by atoms with Crippen LogP contribution >= 0.6 is 0 Å². The summed E-state index contributed by atoms with van der Waals surface area (Å²) in [6.45, 7) is 17.7. The second-order valence-electron chi connectivity index (χ2n) is 7.08. The molecular formula is C16H34N2. The van der Waals surface area contributed by atoms with Gasteiger partial charge in [0.15, 0.2) is 0 Å². The molecule has 1 fully saturated rings. The third kappa shape index (κ3) is 4.89. The molecule has 0 spiro atoms. The first kappa shape index (κ1) is 16.0. The second kappa shape index (κ2) is 6.91. The maximum absolute atomic E-state index is 3.70. The van der Waals surface area contributed by atoms with Crippen molar-refractivity contribution in [1.29, 1.82) is 0 Å². The Bertz CT molecular complexity index is 227. The topological polar surface area (TPSA) is 15.3 Å². The van der Waals surface area contributed by atoms with Crippen molar-refractivity contribution in [3.05, 3.63) is 0 Å². The van der Waals surface area contributed by atoms with Gasteiger partial charge in [-0.15, -0.1) is 0 Å². The summed E-state index contributed by atoms with van der Waals surface area (Å²) >= 11 is 0. The fourth-order valence-corrected chi connectivity index (χ4v) is 2.70. The van der Waals surface area contributed by atoms with Crippen LogP contribution in [-0.2, 0) is 0 Å². The molecule has 2 nitrogen and oxygen atoms in total. The molecule has 1 rings (SSSR count). The van der Waals surface area contributed by atoms with Crippen molar-refractivity contribution in [2.75, 3.05) is 19.6 Å². The van der Waals surface area contributed by atoms with Crippen LogP contribution in [0.25, 0.3) is 0 Å². The summed E-state index contributed by atoms with van der Waals surface area (Å²) in [5.41, 5.74) is 0.282. The quantitative estimate of drug-likeness (QED) is 0.780.